The Morgan fingerprint density at radius 1 is 1.18 bits per heavy atom. The summed E-state index contributed by atoms with van der Waals surface area (Å²) in [5, 5.41) is 1.05. The zero-order valence-electron chi connectivity index (χ0n) is 18.4. The highest BCUT2D eigenvalue weighted by atomic mass is 35.5. The molecule has 2 fully saturated rings. The number of halogens is 1. The Morgan fingerprint density at radius 3 is 2.67 bits per heavy atom. The molecule has 8 nitrogen and oxygen atoms in total. The number of thiophene rings is 1. The van der Waals surface area contributed by atoms with Crippen molar-refractivity contribution in [1.82, 2.24) is 19.4 Å². The first kappa shape index (κ1) is 24.4. The van der Waals surface area contributed by atoms with Crippen molar-refractivity contribution in [1.29, 1.82) is 0 Å². The molecule has 2 amide bonds. The van der Waals surface area contributed by atoms with Crippen molar-refractivity contribution >= 4 is 50.9 Å². The van der Waals surface area contributed by atoms with Gasteiger partial charge < -0.3 is 9.80 Å². The minimum absolute atomic E-state index is 0.00462. The number of amides is 2. The van der Waals surface area contributed by atoms with Gasteiger partial charge in [-0.05, 0) is 43.9 Å². The quantitative estimate of drug-likeness (QED) is 0.539. The highest BCUT2D eigenvalue weighted by Crippen LogP contribution is 2.23. The van der Waals surface area contributed by atoms with Gasteiger partial charge in [0.05, 0.1) is 10.9 Å². The topological polar surface area (TPSA) is 90.0 Å². The molecule has 1 aromatic rings. The third kappa shape index (κ3) is 6.45. The predicted octanol–water partition coefficient (Wildman–Crippen LogP) is 2.15. The van der Waals surface area contributed by atoms with Gasteiger partial charge in [0, 0.05) is 49.1 Å². The van der Waals surface area contributed by atoms with Crippen LogP contribution in [0.3, 0.4) is 0 Å². The summed E-state index contributed by atoms with van der Waals surface area (Å²) in [5.74, 6) is -0.402. The lowest BCUT2D eigenvalue weighted by Gasteiger charge is -2.34. The first-order valence-electron chi connectivity index (χ1n) is 11.2. The monoisotopic (exact) mass is 512 g/mol. The van der Waals surface area contributed by atoms with E-state index < -0.39 is 16.1 Å². The van der Waals surface area contributed by atoms with Crippen molar-refractivity contribution in [2.24, 2.45) is 0 Å². The van der Waals surface area contributed by atoms with Crippen LogP contribution in [-0.2, 0) is 19.6 Å². The molecular weight excluding hydrogens is 484 g/mol. The fourth-order valence-electron chi connectivity index (χ4n) is 4.60. The summed E-state index contributed by atoms with van der Waals surface area (Å²) in [7, 11) is -3.81. The smallest absolute Gasteiger partial charge is 0.242 e. The maximum absolute atomic E-state index is 13.0. The number of sulfonamides is 1. The lowest BCUT2D eigenvalue weighted by Crippen LogP contribution is -2.55. The third-order valence-corrected chi connectivity index (χ3v) is 8.53. The zero-order chi connectivity index (χ0) is 23.4. The number of rotatable bonds is 8. The van der Waals surface area contributed by atoms with Gasteiger partial charge in [0.1, 0.15) is 6.04 Å². The number of hydrogen-bond acceptors (Lipinski definition) is 6. The van der Waals surface area contributed by atoms with Gasteiger partial charge in [0.25, 0.3) is 0 Å². The molecule has 33 heavy (non-hydrogen) atoms. The minimum atomic E-state index is -3.81. The number of likely N-dealkylation sites (tertiary alicyclic amines) is 2. The van der Waals surface area contributed by atoms with E-state index >= 15 is 0 Å². The molecule has 3 aliphatic heterocycles. The molecule has 1 aromatic heterocycles. The lowest BCUT2D eigenvalue weighted by atomic mass is 10.1. The van der Waals surface area contributed by atoms with E-state index in [9.17, 15) is 18.0 Å². The Labute approximate surface area is 203 Å². The van der Waals surface area contributed by atoms with Crippen molar-refractivity contribution in [3.8, 4) is 0 Å². The average Bonchev–Trinajstić information content (AvgIpc) is 3.52. The first-order chi connectivity index (χ1) is 15.8. The van der Waals surface area contributed by atoms with Crippen LogP contribution in [0.5, 0.6) is 0 Å². The molecular formula is C22H29ClN4O4S2. The number of piperidine rings is 1. The zero-order valence-corrected chi connectivity index (χ0v) is 20.7. The molecule has 0 saturated carbocycles. The first-order valence-corrected chi connectivity index (χ1v) is 14.0. The number of hydrogen-bond donors (Lipinski definition) is 1. The molecule has 1 N–H and O–H groups in total. The van der Waals surface area contributed by atoms with E-state index in [1.807, 2.05) is 4.90 Å². The van der Waals surface area contributed by atoms with Crippen LogP contribution in [0.4, 0.5) is 0 Å². The van der Waals surface area contributed by atoms with E-state index in [-0.39, 0.29) is 24.4 Å². The molecule has 3 aliphatic rings. The molecule has 0 bridgehead atoms. The van der Waals surface area contributed by atoms with Crippen LogP contribution in [0.1, 0.15) is 30.6 Å². The van der Waals surface area contributed by atoms with Gasteiger partial charge in [0.2, 0.25) is 21.8 Å². The summed E-state index contributed by atoms with van der Waals surface area (Å²) in [6.45, 7) is 3.84. The van der Waals surface area contributed by atoms with Gasteiger partial charge in [0.15, 0.2) is 0 Å². The normalized spacial score (nSPS) is 24.5. The van der Waals surface area contributed by atoms with E-state index in [4.69, 9.17) is 11.6 Å². The summed E-state index contributed by atoms with van der Waals surface area (Å²) >= 11 is 7.14. The average molecular weight is 513 g/mol. The summed E-state index contributed by atoms with van der Waals surface area (Å²) in [4.78, 5) is 32.4. The largest absolute Gasteiger partial charge is 0.337 e. The number of carbonyl (C=O) groups excluding carboxylic acids is 2. The van der Waals surface area contributed by atoms with E-state index in [0.29, 0.717) is 35.1 Å². The SMILES string of the molecule is O=C1C(NS(=O)(=O)/C=C/c2ccc(Cl)s2)CCCN1CC(=O)N1CCCC1CN1CC=CC1. The van der Waals surface area contributed by atoms with E-state index in [1.165, 1.54) is 22.3 Å². The molecule has 0 radical (unpaired) electrons. The van der Waals surface area contributed by atoms with Crippen LogP contribution in [-0.4, -0.2) is 86.3 Å². The van der Waals surface area contributed by atoms with Crippen LogP contribution >= 0.6 is 22.9 Å². The van der Waals surface area contributed by atoms with Crippen LogP contribution in [0.2, 0.25) is 4.34 Å². The summed E-state index contributed by atoms with van der Waals surface area (Å²) in [6, 6.07) is 2.73. The second kappa shape index (κ2) is 10.7. The number of carbonyl (C=O) groups is 2. The van der Waals surface area contributed by atoms with Crippen molar-refractivity contribution in [2.45, 2.75) is 37.8 Å². The second-order valence-electron chi connectivity index (χ2n) is 8.64. The summed E-state index contributed by atoms with van der Waals surface area (Å²) < 4.78 is 28.0. The van der Waals surface area contributed by atoms with Crippen LogP contribution in [0.25, 0.3) is 6.08 Å². The predicted molar refractivity (Wildman–Crippen MR) is 130 cm³/mol. The Morgan fingerprint density at radius 2 is 1.94 bits per heavy atom. The summed E-state index contributed by atoms with van der Waals surface area (Å²) in [5.41, 5.74) is 0. The molecule has 11 heteroatoms. The van der Waals surface area contributed by atoms with Gasteiger partial charge in [-0.25, -0.2) is 8.42 Å². The van der Waals surface area contributed by atoms with Gasteiger partial charge >= 0.3 is 0 Å². The Bertz CT molecular complexity index is 1030. The fourth-order valence-corrected chi connectivity index (χ4v) is 6.66. The van der Waals surface area contributed by atoms with Crippen LogP contribution in [0, 0.1) is 0 Å². The van der Waals surface area contributed by atoms with Gasteiger partial charge in [-0.3, -0.25) is 14.5 Å². The molecule has 2 unspecified atom stereocenters. The van der Waals surface area contributed by atoms with Crippen LogP contribution < -0.4 is 4.72 Å². The number of nitrogens with one attached hydrogen (secondary N) is 1. The van der Waals surface area contributed by atoms with Gasteiger partial charge in [-0.2, -0.15) is 4.72 Å². The standard InChI is InChI=1S/C22H29ClN4O4S2/c23-20-8-7-18(32-20)9-14-33(30,31)24-19-6-4-12-26(22(19)29)16-21(28)27-13-3-5-17(27)15-25-10-1-2-11-25/h1-2,7-9,14,17,19,24H,3-6,10-13,15-16H2/b14-9+. The highest BCUT2D eigenvalue weighted by molar-refractivity contribution is 7.92. The van der Waals surface area contributed by atoms with Crippen LogP contribution in [0.15, 0.2) is 29.7 Å². The van der Waals surface area contributed by atoms with Crippen molar-refractivity contribution in [2.75, 3.05) is 39.3 Å². The minimum Gasteiger partial charge on any atom is -0.337 e. The molecule has 2 saturated heterocycles. The molecule has 4 rings (SSSR count). The maximum Gasteiger partial charge on any atom is 0.242 e. The van der Waals surface area contributed by atoms with Crippen molar-refractivity contribution < 1.29 is 18.0 Å². The highest BCUT2D eigenvalue weighted by Gasteiger charge is 2.35. The fraction of sp³-hybridized carbons (Fsp3) is 0.545. The molecule has 0 aromatic carbocycles. The molecule has 4 heterocycles. The third-order valence-electron chi connectivity index (χ3n) is 6.23. The van der Waals surface area contributed by atoms with E-state index in [1.54, 1.807) is 12.1 Å². The molecule has 0 spiro atoms. The lowest BCUT2D eigenvalue weighted by molar-refractivity contribution is -0.143. The van der Waals surface area contributed by atoms with Gasteiger partial charge in [-0.15, -0.1) is 11.3 Å². The molecule has 0 aliphatic carbocycles. The van der Waals surface area contributed by atoms with Crippen molar-refractivity contribution in [3.05, 3.63) is 38.9 Å². The molecule has 180 valence electrons. The summed E-state index contributed by atoms with van der Waals surface area (Å²) in [6.07, 6.45) is 8.72. The van der Waals surface area contributed by atoms with E-state index in [0.717, 1.165) is 37.9 Å². The Kier molecular flexibility index (Phi) is 7.91. The van der Waals surface area contributed by atoms with E-state index in [2.05, 4.69) is 21.8 Å². The van der Waals surface area contributed by atoms with Gasteiger partial charge in [-0.1, -0.05) is 23.8 Å². The Hall–Kier alpha value is -1.72. The molecule has 2 atom stereocenters. The second-order valence-corrected chi connectivity index (χ2v) is 12.0. The Balaban J connectivity index is 1.33. The maximum atomic E-state index is 13.0. The number of nitrogens with zero attached hydrogens (tertiary/aromatic N) is 3. The van der Waals surface area contributed by atoms with Crippen molar-refractivity contribution in [3.63, 3.8) is 0 Å².